The molecule has 1 unspecified atom stereocenters. The number of nitrogens with zero attached hydrogens (tertiary/aromatic N) is 2. The average Bonchev–Trinajstić information content (AvgIpc) is 2.42. The number of pyridine rings is 2. The van der Waals surface area contributed by atoms with Gasteiger partial charge in [-0.15, -0.1) is 0 Å². The fourth-order valence-corrected chi connectivity index (χ4v) is 3.16. The van der Waals surface area contributed by atoms with Gasteiger partial charge in [0.05, 0.1) is 11.7 Å². The van der Waals surface area contributed by atoms with E-state index in [9.17, 15) is 0 Å². The largest absolute Gasteiger partial charge is 0.398 e. The Hall–Kier alpha value is -0.980. The molecule has 0 aliphatic carbocycles. The van der Waals surface area contributed by atoms with Crippen molar-refractivity contribution in [1.82, 2.24) is 15.3 Å². The van der Waals surface area contributed by atoms with Crippen molar-refractivity contribution in [3.63, 3.8) is 0 Å². The monoisotopic (exact) mass is 398 g/mol. The van der Waals surface area contributed by atoms with Gasteiger partial charge in [0.15, 0.2) is 0 Å². The Labute approximate surface area is 135 Å². The maximum Gasteiger partial charge on any atom is 0.0798 e. The third-order valence-corrected chi connectivity index (χ3v) is 3.98. The smallest absolute Gasteiger partial charge is 0.0798 e. The Kier molecular flexibility index (Phi) is 5.51. The molecule has 0 bridgehead atoms. The summed E-state index contributed by atoms with van der Waals surface area (Å²) in [6, 6.07) is 3.71. The number of hydrogen-bond acceptors (Lipinski definition) is 4. The first kappa shape index (κ1) is 15.4. The number of aromatic nitrogens is 2. The minimum atomic E-state index is -0.0777. The molecule has 3 N–H and O–H groups in total. The summed E-state index contributed by atoms with van der Waals surface area (Å²) in [5.74, 6) is 0. The van der Waals surface area contributed by atoms with Crippen molar-refractivity contribution in [3.8, 4) is 0 Å². The molecule has 0 radical (unpaired) electrons. The van der Waals surface area contributed by atoms with Gasteiger partial charge in [0.2, 0.25) is 0 Å². The molecule has 1 atom stereocenters. The van der Waals surface area contributed by atoms with Crippen LogP contribution in [0.25, 0.3) is 0 Å². The Morgan fingerprint density at radius 1 is 1.35 bits per heavy atom. The van der Waals surface area contributed by atoms with Gasteiger partial charge in [-0.05, 0) is 57.0 Å². The normalized spacial score (nSPS) is 12.3. The van der Waals surface area contributed by atoms with Gasteiger partial charge in [-0.2, -0.15) is 0 Å². The van der Waals surface area contributed by atoms with Crippen molar-refractivity contribution in [2.75, 3.05) is 12.3 Å². The molecule has 0 aliphatic rings. The van der Waals surface area contributed by atoms with Gasteiger partial charge in [-0.25, -0.2) is 0 Å². The van der Waals surface area contributed by atoms with E-state index in [0.717, 1.165) is 33.2 Å². The third kappa shape index (κ3) is 3.56. The Balaban J connectivity index is 2.44. The van der Waals surface area contributed by atoms with E-state index < -0.39 is 0 Å². The van der Waals surface area contributed by atoms with E-state index in [4.69, 9.17) is 5.73 Å². The van der Waals surface area contributed by atoms with Crippen LogP contribution in [0.5, 0.6) is 0 Å². The average molecular weight is 400 g/mol. The fourth-order valence-electron chi connectivity index (χ4n) is 1.94. The molecule has 20 heavy (non-hydrogen) atoms. The van der Waals surface area contributed by atoms with E-state index >= 15 is 0 Å². The quantitative estimate of drug-likeness (QED) is 0.804. The molecule has 0 aliphatic heterocycles. The SMILES string of the molecule is CCCNC(c1cnccc1N)c1ncc(Br)cc1Br. The van der Waals surface area contributed by atoms with E-state index in [0.29, 0.717) is 5.69 Å². The second kappa shape index (κ2) is 7.15. The first-order valence-corrected chi connectivity index (χ1v) is 7.95. The zero-order valence-electron chi connectivity index (χ0n) is 11.1. The lowest BCUT2D eigenvalue weighted by molar-refractivity contribution is 0.584. The van der Waals surface area contributed by atoms with Crippen LogP contribution in [0.2, 0.25) is 0 Å². The molecule has 0 saturated carbocycles. The second-order valence-electron chi connectivity index (χ2n) is 4.41. The lowest BCUT2D eigenvalue weighted by atomic mass is 10.0. The molecule has 2 aromatic rings. The minimum absolute atomic E-state index is 0.0777. The Morgan fingerprint density at radius 2 is 2.15 bits per heavy atom. The number of anilines is 1. The number of halogens is 2. The number of rotatable bonds is 5. The van der Waals surface area contributed by atoms with Gasteiger partial charge in [-0.3, -0.25) is 9.97 Å². The molecular weight excluding hydrogens is 384 g/mol. The summed E-state index contributed by atoms with van der Waals surface area (Å²) in [4.78, 5) is 8.68. The maximum atomic E-state index is 6.08. The zero-order chi connectivity index (χ0) is 14.5. The second-order valence-corrected chi connectivity index (χ2v) is 6.18. The molecular formula is C14H16Br2N4. The summed E-state index contributed by atoms with van der Waals surface area (Å²) in [6.45, 7) is 3.00. The highest BCUT2D eigenvalue weighted by molar-refractivity contribution is 9.11. The summed E-state index contributed by atoms with van der Waals surface area (Å²) in [6.07, 6.45) is 6.30. The van der Waals surface area contributed by atoms with Gasteiger partial charge in [0, 0.05) is 38.8 Å². The van der Waals surface area contributed by atoms with Gasteiger partial charge in [0.1, 0.15) is 0 Å². The number of nitrogens with two attached hydrogens (primary N) is 1. The zero-order valence-corrected chi connectivity index (χ0v) is 14.3. The molecule has 2 aromatic heterocycles. The number of nitrogen functional groups attached to an aromatic ring is 1. The van der Waals surface area contributed by atoms with Gasteiger partial charge in [-0.1, -0.05) is 6.92 Å². The molecule has 0 fully saturated rings. The fraction of sp³-hybridized carbons (Fsp3) is 0.286. The summed E-state index contributed by atoms with van der Waals surface area (Å²) in [5.41, 5.74) is 8.64. The molecule has 106 valence electrons. The van der Waals surface area contributed by atoms with E-state index in [2.05, 4.69) is 54.1 Å². The molecule has 2 rings (SSSR count). The van der Waals surface area contributed by atoms with Crippen LogP contribution in [-0.2, 0) is 0 Å². The third-order valence-electron chi connectivity index (χ3n) is 2.91. The summed E-state index contributed by atoms with van der Waals surface area (Å²) in [5, 5.41) is 3.48. The van der Waals surface area contributed by atoms with Crippen molar-refractivity contribution in [2.24, 2.45) is 0 Å². The lowest BCUT2D eigenvalue weighted by Crippen LogP contribution is -2.25. The maximum absolute atomic E-state index is 6.08. The van der Waals surface area contributed by atoms with Crippen LogP contribution >= 0.6 is 31.9 Å². The van der Waals surface area contributed by atoms with Crippen molar-refractivity contribution in [1.29, 1.82) is 0 Å². The standard InChI is InChI=1S/C14H16Br2N4/c1-2-4-19-13(10-8-18-5-3-12(10)17)14-11(16)6-9(15)7-20-14/h3,5-8,13,19H,2,4H2,1H3,(H2,17,18). The Bertz CT molecular complexity index is 589. The molecule has 6 heteroatoms. The first-order chi connectivity index (χ1) is 9.63. The number of nitrogens with one attached hydrogen (secondary N) is 1. The van der Waals surface area contributed by atoms with E-state index in [1.54, 1.807) is 18.6 Å². The molecule has 2 heterocycles. The van der Waals surface area contributed by atoms with Gasteiger partial charge >= 0.3 is 0 Å². The van der Waals surface area contributed by atoms with Crippen LogP contribution in [0.4, 0.5) is 5.69 Å². The van der Waals surface area contributed by atoms with Crippen LogP contribution < -0.4 is 11.1 Å². The van der Waals surface area contributed by atoms with Crippen molar-refractivity contribution < 1.29 is 0 Å². The summed E-state index contributed by atoms with van der Waals surface area (Å²) >= 11 is 6.99. The highest BCUT2D eigenvalue weighted by Crippen LogP contribution is 2.31. The highest BCUT2D eigenvalue weighted by atomic mass is 79.9. The van der Waals surface area contributed by atoms with Crippen LogP contribution in [0.1, 0.15) is 30.6 Å². The highest BCUT2D eigenvalue weighted by Gasteiger charge is 2.20. The van der Waals surface area contributed by atoms with E-state index in [1.165, 1.54) is 0 Å². The van der Waals surface area contributed by atoms with Crippen molar-refractivity contribution in [2.45, 2.75) is 19.4 Å². The lowest BCUT2D eigenvalue weighted by Gasteiger charge is -2.21. The summed E-state index contributed by atoms with van der Waals surface area (Å²) in [7, 11) is 0. The van der Waals surface area contributed by atoms with Gasteiger partial charge < -0.3 is 11.1 Å². The predicted octanol–water partition coefficient (Wildman–Crippen LogP) is 3.67. The topological polar surface area (TPSA) is 63.8 Å². The van der Waals surface area contributed by atoms with Crippen LogP contribution in [-0.4, -0.2) is 16.5 Å². The minimum Gasteiger partial charge on any atom is -0.398 e. The van der Waals surface area contributed by atoms with E-state index in [-0.39, 0.29) is 6.04 Å². The van der Waals surface area contributed by atoms with Crippen LogP contribution in [0.15, 0.2) is 39.7 Å². The molecule has 0 amide bonds. The van der Waals surface area contributed by atoms with Crippen LogP contribution in [0.3, 0.4) is 0 Å². The van der Waals surface area contributed by atoms with Crippen LogP contribution in [0, 0.1) is 0 Å². The molecule has 4 nitrogen and oxygen atoms in total. The predicted molar refractivity (Wildman–Crippen MR) is 88.4 cm³/mol. The van der Waals surface area contributed by atoms with E-state index in [1.807, 2.05) is 12.1 Å². The van der Waals surface area contributed by atoms with Crippen molar-refractivity contribution >= 4 is 37.5 Å². The first-order valence-electron chi connectivity index (χ1n) is 6.37. The van der Waals surface area contributed by atoms with Gasteiger partial charge in [0.25, 0.3) is 0 Å². The summed E-state index contributed by atoms with van der Waals surface area (Å²) < 4.78 is 1.87. The molecule has 0 spiro atoms. The molecule has 0 saturated heterocycles. The molecule has 0 aromatic carbocycles. The van der Waals surface area contributed by atoms with Crippen molar-refractivity contribution in [3.05, 3.63) is 50.9 Å². The Morgan fingerprint density at radius 3 is 2.80 bits per heavy atom. The number of hydrogen-bond donors (Lipinski definition) is 2.